The van der Waals surface area contributed by atoms with E-state index in [9.17, 15) is 14.0 Å². The number of rotatable bonds is 3. The number of carbonyl (C=O) groups excluding carboxylic acids is 2. The smallest absolute Gasteiger partial charge is 0.276 e. The Bertz CT molecular complexity index is 1200. The molecular weight excluding hydrogens is 411 g/mol. The molecule has 2 amide bonds. The van der Waals surface area contributed by atoms with Gasteiger partial charge in [-0.15, -0.1) is 0 Å². The lowest BCUT2D eigenvalue weighted by molar-refractivity contribution is -0.122. The van der Waals surface area contributed by atoms with Crippen molar-refractivity contribution in [2.45, 2.75) is 45.3 Å². The molecule has 164 valence electrons. The average molecular weight is 434 g/mol. The number of anilines is 2. The van der Waals surface area contributed by atoms with E-state index in [-0.39, 0.29) is 17.6 Å². The van der Waals surface area contributed by atoms with Gasteiger partial charge in [-0.2, -0.15) is 0 Å². The first kappa shape index (κ1) is 20.2. The van der Waals surface area contributed by atoms with Crippen LogP contribution in [0.15, 0.2) is 42.5 Å². The summed E-state index contributed by atoms with van der Waals surface area (Å²) in [5, 5.41) is 5.68. The Morgan fingerprint density at radius 1 is 1.19 bits per heavy atom. The molecule has 1 atom stereocenters. The summed E-state index contributed by atoms with van der Waals surface area (Å²) in [5.74, 6) is 0.369. The number of aromatic nitrogens is 2. The van der Waals surface area contributed by atoms with Gasteiger partial charge in [-0.1, -0.05) is 6.42 Å². The average Bonchev–Trinajstić information content (AvgIpc) is 2.96. The maximum Gasteiger partial charge on any atom is 0.276 e. The van der Waals surface area contributed by atoms with Gasteiger partial charge in [0, 0.05) is 17.8 Å². The molecule has 3 heterocycles. The predicted molar refractivity (Wildman–Crippen MR) is 118 cm³/mol. The van der Waals surface area contributed by atoms with Gasteiger partial charge in [0.15, 0.2) is 6.10 Å². The highest BCUT2D eigenvalue weighted by molar-refractivity contribution is 6.05. The molecule has 8 heteroatoms. The zero-order valence-corrected chi connectivity index (χ0v) is 17.7. The number of nitrogens with zero attached hydrogens (tertiary/aromatic N) is 2. The Morgan fingerprint density at radius 2 is 2.00 bits per heavy atom. The third-order valence-corrected chi connectivity index (χ3v) is 5.85. The zero-order valence-electron chi connectivity index (χ0n) is 17.7. The van der Waals surface area contributed by atoms with E-state index in [1.165, 1.54) is 12.1 Å². The number of ether oxygens (including phenoxy) is 1. The molecule has 3 aromatic rings. The standard InChI is InChI=1S/C24H23FN4O3/c1-14-23(30)27-18-13-17(10-11-20(18)32-14)26-24(31)21-19-5-3-2-4-12-29(19)22(28-21)15-6-8-16(25)9-7-15/h6-11,13-14H,2-5,12H2,1H3,(H,26,31)(H,27,30). The molecule has 2 aromatic carbocycles. The second-order valence-electron chi connectivity index (χ2n) is 8.11. The molecule has 7 nitrogen and oxygen atoms in total. The van der Waals surface area contributed by atoms with E-state index in [0.29, 0.717) is 28.6 Å². The van der Waals surface area contributed by atoms with Gasteiger partial charge in [0.2, 0.25) is 0 Å². The SMILES string of the molecule is CC1Oc2ccc(NC(=O)c3nc(-c4ccc(F)cc4)n4c3CCCCC4)cc2NC1=O. The van der Waals surface area contributed by atoms with E-state index >= 15 is 0 Å². The van der Waals surface area contributed by atoms with Crippen LogP contribution in [-0.2, 0) is 17.8 Å². The summed E-state index contributed by atoms with van der Waals surface area (Å²) in [6, 6.07) is 11.3. The van der Waals surface area contributed by atoms with Gasteiger partial charge in [0.25, 0.3) is 11.8 Å². The maximum absolute atomic E-state index is 13.4. The molecular formula is C24H23FN4O3. The van der Waals surface area contributed by atoms with Crippen molar-refractivity contribution in [3.05, 3.63) is 59.7 Å². The third-order valence-electron chi connectivity index (χ3n) is 5.85. The first-order valence-electron chi connectivity index (χ1n) is 10.8. The second kappa shape index (κ2) is 8.11. The van der Waals surface area contributed by atoms with E-state index < -0.39 is 6.10 Å². The van der Waals surface area contributed by atoms with Crippen LogP contribution in [0.4, 0.5) is 15.8 Å². The van der Waals surface area contributed by atoms with Crippen LogP contribution in [0.5, 0.6) is 5.75 Å². The van der Waals surface area contributed by atoms with Gasteiger partial charge in [-0.05, 0) is 68.7 Å². The largest absolute Gasteiger partial charge is 0.479 e. The number of benzene rings is 2. The van der Waals surface area contributed by atoms with Gasteiger partial charge >= 0.3 is 0 Å². The first-order chi connectivity index (χ1) is 15.5. The van der Waals surface area contributed by atoms with Crippen LogP contribution in [0.2, 0.25) is 0 Å². The highest BCUT2D eigenvalue weighted by Gasteiger charge is 2.26. The third kappa shape index (κ3) is 3.72. The van der Waals surface area contributed by atoms with Crippen molar-refractivity contribution in [2.24, 2.45) is 0 Å². The molecule has 0 aliphatic carbocycles. The minimum Gasteiger partial charge on any atom is -0.479 e. The molecule has 2 aliphatic rings. The topological polar surface area (TPSA) is 85.2 Å². The summed E-state index contributed by atoms with van der Waals surface area (Å²) in [5.41, 5.74) is 3.09. The molecule has 0 saturated heterocycles. The van der Waals surface area contributed by atoms with E-state index in [0.717, 1.165) is 43.5 Å². The quantitative estimate of drug-likeness (QED) is 0.640. The Hall–Kier alpha value is -3.68. The number of amides is 2. The Morgan fingerprint density at radius 3 is 2.81 bits per heavy atom. The van der Waals surface area contributed by atoms with E-state index in [2.05, 4.69) is 20.2 Å². The van der Waals surface area contributed by atoms with Crippen molar-refractivity contribution in [1.29, 1.82) is 0 Å². The fourth-order valence-electron chi connectivity index (χ4n) is 4.20. The summed E-state index contributed by atoms with van der Waals surface area (Å²) in [7, 11) is 0. The van der Waals surface area contributed by atoms with Gasteiger partial charge in [-0.3, -0.25) is 9.59 Å². The number of halogens is 1. The lowest BCUT2D eigenvalue weighted by Crippen LogP contribution is -2.34. The molecule has 1 aromatic heterocycles. The second-order valence-corrected chi connectivity index (χ2v) is 8.11. The van der Waals surface area contributed by atoms with Crippen molar-refractivity contribution >= 4 is 23.2 Å². The van der Waals surface area contributed by atoms with Crippen LogP contribution in [0.25, 0.3) is 11.4 Å². The van der Waals surface area contributed by atoms with Crippen LogP contribution in [0.1, 0.15) is 42.4 Å². The number of nitrogens with one attached hydrogen (secondary N) is 2. The number of imidazole rings is 1. The summed E-state index contributed by atoms with van der Waals surface area (Å²) >= 11 is 0. The molecule has 2 aliphatic heterocycles. The fourth-order valence-corrected chi connectivity index (χ4v) is 4.20. The summed E-state index contributed by atoms with van der Waals surface area (Å²) in [6.45, 7) is 2.44. The Balaban J connectivity index is 1.47. The molecule has 0 saturated carbocycles. The van der Waals surface area contributed by atoms with E-state index in [1.807, 2.05) is 0 Å². The lowest BCUT2D eigenvalue weighted by Gasteiger charge is -2.23. The maximum atomic E-state index is 13.4. The summed E-state index contributed by atoms with van der Waals surface area (Å²) < 4.78 is 21.1. The number of hydrogen-bond donors (Lipinski definition) is 2. The Kier molecular flexibility index (Phi) is 5.13. The van der Waals surface area contributed by atoms with E-state index in [1.54, 1.807) is 37.3 Å². The van der Waals surface area contributed by atoms with Crippen LogP contribution in [0, 0.1) is 5.82 Å². The predicted octanol–water partition coefficient (Wildman–Crippen LogP) is 4.39. The van der Waals surface area contributed by atoms with Crippen molar-refractivity contribution < 1.29 is 18.7 Å². The van der Waals surface area contributed by atoms with Crippen molar-refractivity contribution in [3.63, 3.8) is 0 Å². The normalized spacial score (nSPS) is 17.4. The number of hydrogen-bond acceptors (Lipinski definition) is 4. The molecule has 32 heavy (non-hydrogen) atoms. The van der Waals surface area contributed by atoms with Gasteiger partial charge in [0.05, 0.1) is 11.4 Å². The lowest BCUT2D eigenvalue weighted by atomic mass is 10.1. The van der Waals surface area contributed by atoms with Crippen molar-refractivity contribution in [2.75, 3.05) is 10.6 Å². The Labute approximate surface area is 184 Å². The molecule has 0 bridgehead atoms. The molecule has 5 rings (SSSR count). The summed E-state index contributed by atoms with van der Waals surface area (Å²) in [6.07, 6.45) is 3.25. The highest BCUT2D eigenvalue weighted by Crippen LogP contribution is 2.33. The van der Waals surface area contributed by atoms with Crippen LogP contribution >= 0.6 is 0 Å². The van der Waals surface area contributed by atoms with E-state index in [4.69, 9.17) is 4.74 Å². The van der Waals surface area contributed by atoms with Crippen molar-refractivity contribution in [1.82, 2.24) is 9.55 Å². The number of carbonyl (C=O) groups is 2. The highest BCUT2D eigenvalue weighted by atomic mass is 19.1. The zero-order chi connectivity index (χ0) is 22.2. The van der Waals surface area contributed by atoms with Crippen LogP contribution in [0.3, 0.4) is 0 Å². The minimum atomic E-state index is -0.561. The molecule has 2 N–H and O–H groups in total. The monoisotopic (exact) mass is 434 g/mol. The van der Waals surface area contributed by atoms with Gasteiger partial charge < -0.3 is 19.9 Å². The molecule has 0 spiro atoms. The molecule has 1 unspecified atom stereocenters. The number of fused-ring (bicyclic) bond motifs is 2. The van der Waals surface area contributed by atoms with Crippen LogP contribution in [-0.4, -0.2) is 27.5 Å². The fraction of sp³-hybridized carbons (Fsp3) is 0.292. The van der Waals surface area contributed by atoms with Gasteiger partial charge in [-0.25, -0.2) is 9.37 Å². The summed E-state index contributed by atoms with van der Waals surface area (Å²) in [4.78, 5) is 29.8. The van der Waals surface area contributed by atoms with Crippen molar-refractivity contribution in [3.8, 4) is 17.1 Å². The van der Waals surface area contributed by atoms with Gasteiger partial charge in [0.1, 0.15) is 23.1 Å². The first-order valence-corrected chi connectivity index (χ1v) is 10.8. The molecule has 0 radical (unpaired) electrons. The molecule has 0 fully saturated rings. The van der Waals surface area contributed by atoms with Crippen LogP contribution < -0.4 is 15.4 Å². The minimum absolute atomic E-state index is 0.232.